The molecule has 0 fully saturated rings. The van der Waals surface area contributed by atoms with Crippen LogP contribution in [0, 0.1) is 10.1 Å². The van der Waals surface area contributed by atoms with Gasteiger partial charge in [0.2, 0.25) is 0 Å². The molecular weight excluding hydrogens is 230 g/mol. The van der Waals surface area contributed by atoms with Crippen LogP contribution in [0.25, 0.3) is 0 Å². The van der Waals surface area contributed by atoms with E-state index in [1.54, 1.807) is 0 Å². The molecule has 17 heavy (non-hydrogen) atoms. The Labute approximate surface area is 96.5 Å². The average molecular weight is 243 g/mol. The van der Waals surface area contributed by atoms with Gasteiger partial charge in [-0.15, -0.1) is 0 Å². The Kier molecular flexibility index (Phi) is 4.55. The number of esters is 1. The molecule has 1 rings (SSSR count). The van der Waals surface area contributed by atoms with E-state index >= 15 is 0 Å². The topological polar surface area (TPSA) is 139 Å². The SMILES string of the molecule is NCCC[C@@H](N)C(=O)Oc1nccn1[N+](=O)[O-]. The first-order chi connectivity index (χ1) is 8.06. The van der Waals surface area contributed by atoms with Crippen LogP contribution in [0.3, 0.4) is 0 Å². The van der Waals surface area contributed by atoms with Crippen molar-refractivity contribution in [2.75, 3.05) is 6.54 Å². The highest BCUT2D eigenvalue weighted by Gasteiger charge is 2.21. The third kappa shape index (κ3) is 3.50. The molecular formula is C8H13N5O4. The maximum Gasteiger partial charge on any atom is 0.365 e. The van der Waals surface area contributed by atoms with E-state index in [9.17, 15) is 14.9 Å². The molecule has 9 heteroatoms. The van der Waals surface area contributed by atoms with Crippen LogP contribution >= 0.6 is 0 Å². The zero-order valence-corrected chi connectivity index (χ0v) is 8.98. The first-order valence-corrected chi connectivity index (χ1v) is 4.91. The zero-order chi connectivity index (χ0) is 12.8. The van der Waals surface area contributed by atoms with E-state index in [4.69, 9.17) is 16.2 Å². The number of carbonyl (C=O) groups is 1. The highest BCUT2D eigenvalue weighted by molar-refractivity contribution is 5.77. The molecule has 1 atom stereocenters. The van der Waals surface area contributed by atoms with E-state index in [0.29, 0.717) is 24.1 Å². The monoisotopic (exact) mass is 243 g/mol. The Morgan fingerprint density at radius 2 is 2.41 bits per heavy atom. The van der Waals surface area contributed by atoms with Crippen molar-refractivity contribution in [3.05, 3.63) is 22.5 Å². The van der Waals surface area contributed by atoms with E-state index in [1.807, 2.05) is 0 Å². The summed E-state index contributed by atoms with van der Waals surface area (Å²) in [5.41, 5.74) is 10.8. The lowest BCUT2D eigenvalue weighted by Gasteiger charge is -2.08. The summed E-state index contributed by atoms with van der Waals surface area (Å²) in [7, 11) is 0. The van der Waals surface area contributed by atoms with Gasteiger partial charge in [0.05, 0.1) is 12.4 Å². The molecule has 0 aliphatic rings. The van der Waals surface area contributed by atoms with E-state index in [0.717, 1.165) is 12.4 Å². The van der Waals surface area contributed by atoms with Crippen molar-refractivity contribution in [1.82, 2.24) is 9.66 Å². The van der Waals surface area contributed by atoms with E-state index in [1.165, 1.54) is 0 Å². The first kappa shape index (κ1) is 13.1. The van der Waals surface area contributed by atoms with Gasteiger partial charge in [0.1, 0.15) is 6.04 Å². The standard InChI is InChI=1S/C8H13N5O4/c9-3-1-2-6(10)7(14)17-8-11-4-5-12(8)13(15)16/h4-6H,1-3,9-10H2/t6-/m1/s1. The van der Waals surface area contributed by atoms with Gasteiger partial charge in [0.25, 0.3) is 0 Å². The van der Waals surface area contributed by atoms with E-state index < -0.39 is 23.1 Å². The van der Waals surface area contributed by atoms with Crippen LogP contribution in [-0.2, 0) is 4.79 Å². The van der Waals surface area contributed by atoms with E-state index in [2.05, 4.69) is 4.98 Å². The number of ether oxygens (including phenoxy) is 1. The van der Waals surface area contributed by atoms with Crippen LogP contribution < -0.4 is 16.2 Å². The molecule has 0 aromatic carbocycles. The number of nitrogens with two attached hydrogens (primary N) is 2. The molecule has 0 bridgehead atoms. The van der Waals surface area contributed by atoms with Gasteiger partial charge in [-0.3, -0.25) is 0 Å². The molecule has 94 valence electrons. The number of rotatable bonds is 6. The maximum atomic E-state index is 11.4. The minimum Gasteiger partial charge on any atom is -0.387 e. The number of imidazole rings is 1. The van der Waals surface area contributed by atoms with Crippen molar-refractivity contribution in [3.8, 4) is 6.01 Å². The molecule has 0 unspecified atom stereocenters. The second kappa shape index (κ2) is 5.92. The highest BCUT2D eigenvalue weighted by atomic mass is 16.7. The number of nitro groups is 1. The molecule has 0 radical (unpaired) electrons. The fourth-order valence-electron chi connectivity index (χ4n) is 1.10. The normalized spacial score (nSPS) is 12.1. The smallest absolute Gasteiger partial charge is 0.365 e. The Bertz CT molecular complexity index is 404. The molecule has 0 aliphatic heterocycles. The van der Waals surface area contributed by atoms with Gasteiger partial charge in [-0.05, 0) is 24.1 Å². The molecule has 0 saturated heterocycles. The van der Waals surface area contributed by atoms with E-state index in [-0.39, 0.29) is 0 Å². The second-order valence-electron chi connectivity index (χ2n) is 3.25. The number of nitrogens with zero attached hydrogens (tertiary/aromatic N) is 3. The lowest BCUT2D eigenvalue weighted by molar-refractivity contribution is -0.543. The molecule has 4 N–H and O–H groups in total. The van der Waals surface area contributed by atoms with Crippen molar-refractivity contribution in [2.45, 2.75) is 18.9 Å². The van der Waals surface area contributed by atoms with Crippen LogP contribution in [0.4, 0.5) is 0 Å². The van der Waals surface area contributed by atoms with Crippen LogP contribution in [0.5, 0.6) is 6.01 Å². The van der Waals surface area contributed by atoms with Gasteiger partial charge in [0, 0.05) is 0 Å². The number of hydrogen-bond donors (Lipinski definition) is 2. The summed E-state index contributed by atoms with van der Waals surface area (Å²) in [6.45, 7) is 0.407. The Morgan fingerprint density at radius 3 is 3.00 bits per heavy atom. The summed E-state index contributed by atoms with van der Waals surface area (Å²) in [5, 5.41) is 9.73. The minimum atomic E-state index is -0.865. The summed E-state index contributed by atoms with van der Waals surface area (Å²) >= 11 is 0. The van der Waals surface area contributed by atoms with Crippen LogP contribution in [0.15, 0.2) is 12.4 Å². The van der Waals surface area contributed by atoms with Gasteiger partial charge >= 0.3 is 12.0 Å². The largest absolute Gasteiger partial charge is 0.387 e. The highest BCUT2D eigenvalue weighted by Crippen LogP contribution is 2.08. The fourth-order valence-corrected chi connectivity index (χ4v) is 1.10. The predicted octanol–water partition coefficient (Wildman–Crippen LogP) is -1.11. The van der Waals surface area contributed by atoms with Gasteiger partial charge in [0.15, 0.2) is 5.03 Å². The fraction of sp³-hybridized carbons (Fsp3) is 0.500. The summed E-state index contributed by atoms with van der Waals surface area (Å²) in [4.78, 5) is 25.5. The number of carbonyl (C=O) groups excluding carboxylic acids is 1. The number of hydrogen-bond acceptors (Lipinski definition) is 7. The van der Waals surface area contributed by atoms with Gasteiger partial charge in [-0.1, -0.05) is 0 Å². The van der Waals surface area contributed by atoms with Crippen molar-refractivity contribution >= 4 is 5.97 Å². The predicted molar refractivity (Wildman–Crippen MR) is 56.5 cm³/mol. The summed E-state index contributed by atoms with van der Waals surface area (Å²) in [5.74, 6) is -0.771. The molecule has 1 aromatic heterocycles. The summed E-state index contributed by atoms with van der Waals surface area (Å²) < 4.78 is 5.20. The van der Waals surface area contributed by atoms with Crippen LogP contribution in [0.2, 0.25) is 0 Å². The van der Waals surface area contributed by atoms with Gasteiger partial charge < -0.3 is 16.2 Å². The van der Waals surface area contributed by atoms with Crippen molar-refractivity contribution in [2.24, 2.45) is 11.5 Å². The average Bonchev–Trinajstić information content (AvgIpc) is 2.73. The van der Waals surface area contributed by atoms with Crippen LogP contribution in [-0.4, -0.2) is 33.2 Å². The van der Waals surface area contributed by atoms with Gasteiger partial charge in [-0.2, -0.15) is 4.98 Å². The lowest BCUT2D eigenvalue weighted by Crippen LogP contribution is -2.35. The molecule has 1 heterocycles. The molecule has 9 nitrogen and oxygen atoms in total. The maximum absolute atomic E-state index is 11.4. The Morgan fingerprint density at radius 1 is 1.71 bits per heavy atom. The first-order valence-electron chi connectivity index (χ1n) is 4.91. The molecule has 0 amide bonds. The lowest BCUT2D eigenvalue weighted by atomic mass is 10.2. The van der Waals surface area contributed by atoms with Crippen molar-refractivity contribution < 1.29 is 14.6 Å². The van der Waals surface area contributed by atoms with Crippen LogP contribution in [0.1, 0.15) is 12.8 Å². The molecule has 0 saturated carbocycles. The third-order valence-electron chi connectivity index (χ3n) is 1.98. The molecule has 0 aliphatic carbocycles. The third-order valence-corrected chi connectivity index (χ3v) is 1.98. The van der Waals surface area contributed by atoms with Gasteiger partial charge in [-0.25, -0.2) is 14.9 Å². The summed E-state index contributed by atoms with van der Waals surface area (Å²) in [6.07, 6.45) is 3.14. The summed E-state index contributed by atoms with van der Waals surface area (Å²) in [6, 6.07) is -1.28. The number of aromatic nitrogens is 2. The van der Waals surface area contributed by atoms with Crippen molar-refractivity contribution in [1.29, 1.82) is 0 Å². The van der Waals surface area contributed by atoms with Crippen molar-refractivity contribution in [3.63, 3.8) is 0 Å². The quantitative estimate of drug-likeness (QED) is 0.367. The second-order valence-corrected chi connectivity index (χ2v) is 3.25. The Balaban J connectivity index is 2.61. The molecule has 0 spiro atoms. The zero-order valence-electron chi connectivity index (χ0n) is 8.98. The minimum absolute atomic E-state index is 0.356. The molecule has 1 aromatic rings. The Hall–Kier alpha value is -2.00.